The van der Waals surface area contributed by atoms with Gasteiger partial charge in [0, 0.05) is 14.1 Å². The molecule has 0 saturated heterocycles. The van der Waals surface area contributed by atoms with Crippen molar-refractivity contribution in [3.05, 3.63) is 20.8 Å². The summed E-state index contributed by atoms with van der Waals surface area (Å²) in [6, 6.07) is -0.762. The van der Waals surface area contributed by atoms with Gasteiger partial charge >= 0.3 is 5.69 Å². The molecule has 1 amide bonds. The number of amides is 1. The topological polar surface area (TPSA) is 125 Å². The van der Waals surface area contributed by atoms with E-state index in [1.807, 2.05) is 0 Å². The summed E-state index contributed by atoms with van der Waals surface area (Å²) in [7, 11) is 2.75. The number of rotatable bonds is 3. The molecule has 0 radical (unpaired) electrons. The molecule has 0 saturated carbocycles. The molecule has 1 aromatic heterocycles. The van der Waals surface area contributed by atoms with Gasteiger partial charge in [-0.2, -0.15) is 0 Å². The van der Waals surface area contributed by atoms with Gasteiger partial charge in [0.05, 0.1) is 0 Å². The van der Waals surface area contributed by atoms with E-state index in [1.54, 1.807) is 0 Å². The first kappa shape index (κ1) is 12.8. The van der Waals surface area contributed by atoms with Gasteiger partial charge in [-0.15, -0.1) is 0 Å². The summed E-state index contributed by atoms with van der Waals surface area (Å²) in [4.78, 5) is 34.2. The number of hydrogen-bond donors (Lipinski definition) is 3. The Balaban J connectivity index is 3.40. The van der Waals surface area contributed by atoms with Crippen LogP contribution in [-0.2, 0) is 18.9 Å². The maximum Gasteiger partial charge on any atom is 0.332 e. The van der Waals surface area contributed by atoms with Crippen molar-refractivity contribution in [2.75, 3.05) is 11.1 Å². The van der Waals surface area contributed by atoms with Gasteiger partial charge in [-0.3, -0.25) is 18.7 Å². The third kappa shape index (κ3) is 2.14. The number of aromatic nitrogens is 2. The summed E-state index contributed by atoms with van der Waals surface area (Å²) in [6.07, 6.45) is 0. The minimum atomic E-state index is -0.762. The number of hydrogen-bond acceptors (Lipinski definition) is 5. The summed E-state index contributed by atoms with van der Waals surface area (Å²) in [5, 5.41) is 2.59. The van der Waals surface area contributed by atoms with Gasteiger partial charge in [0.15, 0.2) is 0 Å². The van der Waals surface area contributed by atoms with Gasteiger partial charge in [0.25, 0.3) is 5.56 Å². The second kappa shape index (κ2) is 4.32. The molecule has 1 heterocycles. The number of carbonyl (C=O) groups excluding carboxylic acids is 1. The first-order valence-corrected chi connectivity index (χ1v) is 4.88. The van der Waals surface area contributed by atoms with Crippen LogP contribution in [-0.4, -0.2) is 21.1 Å². The largest absolute Gasteiger partial charge is 0.383 e. The van der Waals surface area contributed by atoms with E-state index in [0.29, 0.717) is 0 Å². The van der Waals surface area contributed by atoms with Gasteiger partial charge in [0.2, 0.25) is 5.91 Å². The molecule has 0 bridgehead atoms. The predicted octanol–water partition coefficient (Wildman–Crippen LogP) is -2.05. The minimum Gasteiger partial charge on any atom is -0.383 e. The van der Waals surface area contributed by atoms with Gasteiger partial charge in [0.1, 0.15) is 17.5 Å². The van der Waals surface area contributed by atoms with Crippen LogP contribution in [0.3, 0.4) is 0 Å². The van der Waals surface area contributed by atoms with Crippen molar-refractivity contribution in [2.45, 2.75) is 13.0 Å². The highest BCUT2D eigenvalue weighted by atomic mass is 16.2. The molecule has 0 aliphatic rings. The molecule has 5 N–H and O–H groups in total. The van der Waals surface area contributed by atoms with E-state index < -0.39 is 23.2 Å². The van der Waals surface area contributed by atoms with Crippen LogP contribution in [0.2, 0.25) is 0 Å². The normalized spacial score (nSPS) is 12.2. The molecule has 0 aromatic carbocycles. The Morgan fingerprint density at radius 1 is 1.29 bits per heavy atom. The molecule has 8 heteroatoms. The molecule has 1 atom stereocenters. The third-order valence-electron chi connectivity index (χ3n) is 2.50. The fourth-order valence-electron chi connectivity index (χ4n) is 1.28. The molecule has 1 aromatic rings. The lowest BCUT2D eigenvalue weighted by Gasteiger charge is -2.15. The van der Waals surface area contributed by atoms with Crippen LogP contribution >= 0.6 is 0 Å². The van der Waals surface area contributed by atoms with Crippen LogP contribution in [0.25, 0.3) is 0 Å². The molecule has 0 unspecified atom stereocenters. The fourth-order valence-corrected chi connectivity index (χ4v) is 1.28. The Morgan fingerprint density at radius 3 is 2.29 bits per heavy atom. The molecule has 0 aliphatic carbocycles. The van der Waals surface area contributed by atoms with Crippen LogP contribution in [0.1, 0.15) is 6.92 Å². The molecule has 17 heavy (non-hydrogen) atoms. The van der Waals surface area contributed by atoms with Crippen LogP contribution in [0.4, 0.5) is 11.5 Å². The number of nitrogens with zero attached hydrogens (tertiary/aromatic N) is 2. The Kier molecular flexibility index (Phi) is 3.26. The molecular formula is C9H15N5O3. The zero-order chi connectivity index (χ0) is 13.3. The lowest BCUT2D eigenvalue weighted by atomic mass is 10.3. The van der Waals surface area contributed by atoms with E-state index in [4.69, 9.17) is 11.5 Å². The quantitative estimate of drug-likeness (QED) is 0.561. The van der Waals surface area contributed by atoms with Crippen LogP contribution < -0.4 is 28.0 Å². The number of carbonyl (C=O) groups is 1. The van der Waals surface area contributed by atoms with E-state index in [1.165, 1.54) is 21.0 Å². The summed E-state index contributed by atoms with van der Waals surface area (Å²) >= 11 is 0. The average molecular weight is 241 g/mol. The number of nitrogen functional groups attached to an aromatic ring is 1. The van der Waals surface area contributed by atoms with Crippen LogP contribution in [0, 0.1) is 0 Å². The monoisotopic (exact) mass is 241 g/mol. The fraction of sp³-hybridized carbons (Fsp3) is 0.444. The zero-order valence-corrected chi connectivity index (χ0v) is 9.85. The van der Waals surface area contributed by atoms with Gasteiger partial charge in [-0.1, -0.05) is 0 Å². The molecule has 1 rings (SSSR count). The summed E-state index contributed by atoms with van der Waals surface area (Å²) in [5.74, 6) is -0.661. The maximum atomic E-state index is 11.8. The highest BCUT2D eigenvalue weighted by Crippen LogP contribution is 2.10. The van der Waals surface area contributed by atoms with E-state index in [9.17, 15) is 14.4 Å². The number of nitrogens with two attached hydrogens (primary N) is 2. The smallest absolute Gasteiger partial charge is 0.332 e. The SMILES string of the molecule is C[C@H](Nc1c(N)n(C)c(=O)n(C)c1=O)C(N)=O. The van der Waals surface area contributed by atoms with Crippen molar-refractivity contribution < 1.29 is 4.79 Å². The van der Waals surface area contributed by atoms with Crippen molar-refractivity contribution in [3.8, 4) is 0 Å². The van der Waals surface area contributed by atoms with E-state index in [-0.39, 0.29) is 11.5 Å². The lowest BCUT2D eigenvalue weighted by molar-refractivity contribution is -0.118. The molecular weight excluding hydrogens is 226 g/mol. The van der Waals surface area contributed by atoms with Crippen molar-refractivity contribution in [2.24, 2.45) is 19.8 Å². The molecule has 8 nitrogen and oxygen atoms in total. The number of primary amides is 1. The van der Waals surface area contributed by atoms with E-state index >= 15 is 0 Å². The number of nitrogens with one attached hydrogen (secondary N) is 1. The molecule has 94 valence electrons. The minimum absolute atomic E-state index is 0.0131. The lowest BCUT2D eigenvalue weighted by Crippen LogP contribution is -2.42. The standard InChI is InChI=1S/C9H15N5O3/c1-4(7(11)15)12-5-6(10)13(2)9(17)14(3)8(5)16/h4,12H,10H2,1-3H3,(H2,11,15)/t4-/m0/s1. The van der Waals surface area contributed by atoms with Gasteiger partial charge < -0.3 is 16.8 Å². The van der Waals surface area contributed by atoms with Crippen molar-refractivity contribution in [3.63, 3.8) is 0 Å². The third-order valence-corrected chi connectivity index (χ3v) is 2.50. The van der Waals surface area contributed by atoms with Crippen LogP contribution in [0.15, 0.2) is 9.59 Å². The summed E-state index contributed by atoms with van der Waals surface area (Å²) in [5.41, 5.74) is 9.56. The highest BCUT2D eigenvalue weighted by molar-refractivity contribution is 5.83. The van der Waals surface area contributed by atoms with E-state index in [2.05, 4.69) is 5.32 Å². The van der Waals surface area contributed by atoms with Gasteiger partial charge in [-0.05, 0) is 6.92 Å². The van der Waals surface area contributed by atoms with Crippen molar-refractivity contribution in [1.82, 2.24) is 9.13 Å². The Labute approximate surface area is 96.8 Å². The zero-order valence-electron chi connectivity index (χ0n) is 9.85. The second-order valence-corrected chi connectivity index (χ2v) is 3.73. The van der Waals surface area contributed by atoms with E-state index in [0.717, 1.165) is 9.13 Å². The summed E-state index contributed by atoms with van der Waals surface area (Å²) in [6.45, 7) is 1.49. The first-order chi connectivity index (χ1) is 7.77. The Bertz CT molecular complexity index is 571. The first-order valence-electron chi connectivity index (χ1n) is 4.88. The molecule has 0 spiro atoms. The Hall–Kier alpha value is -2.25. The summed E-state index contributed by atoms with van der Waals surface area (Å²) < 4.78 is 2.00. The number of anilines is 2. The van der Waals surface area contributed by atoms with Crippen molar-refractivity contribution >= 4 is 17.4 Å². The van der Waals surface area contributed by atoms with Crippen LogP contribution in [0.5, 0.6) is 0 Å². The molecule has 0 fully saturated rings. The average Bonchev–Trinajstić information content (AvgIpc) is 2.29. The maximum absolute atomic E-state index is 11.8. The molecule has 0 aliphatic heterocycles. The van der Waals surface area contributed by atoms with Gasteiger partial charge in [-0.25, -0.2) is 4.79 Å². The highest BCUT2D eigenvalue weighted by Gasteiger charge is 2.17. The Morgan fingerprint density at radius 2 is 1.82 bits per heavy atom. The second-order valence-electron chi connectivity index (χ2n) is 3.73. The van der Waals surface area contributed by atoms with Crippen molar-refractivity contribution in [1.29, 1.82) is 0 Å². The predicted molar refractivity (Wildman–Crippen MR) is 63.6 cm³/mol.